The van der Waals surface area contributed by atoms with E-state index in [0.717, 1.165) is 57.1 Å². The van der Waals surface area contributed by atoms with E-state index in [1.807, 2.05) is 0 Å². The highest BCUT2D eigenvalue weighted by Gasteiger charge is 2.24. The number of hydrogen-bond acceptors (Lipinski definition) is 3. The number of amides is 2. The fourth-order valence-electron chi connectivity index (χ4n) is 10.6. The fourth-order valence-corrected chi connectivity index (χ4v) is 10.6. The van der Waals surface area contributed by atoms with Crippen LogP contribution in [-0.4, -0.2) is 71.3 Å². The summed E-state index contributed by atoms with van der Waals surface area (Å²) < 4.78 is 0. The molecule has 0 saturated heterocycles. The Hall–Kier alpha value is -1.10. The molecule has 1 unspecified atom stereocenters. The van der Waals surface area contributed by atoms with Crippen LogP contribution in [0.15, 0.2) is 0 Å². The molecule has 1 aliphatic rings. The van der Waals surface area contributed by atoms with Crippen molar-refractivity contribution in [2.75, 3.05) is 26.2 Å². The van der Waals surface area contributed by atoms with Crippen molar-refractivity contribution in [1.82, 2.24) is 14.7 Å². The van der Waals surface area contributed by atoms with Gasteiger partial charge in [-0.3, -0.25) is 9.59 Å². The van der Waals surface area contributed by atoms with E-state index in [2.05, 4.69) is 70.1 Å². The Morgan fingerprint density at radius 3 is 1.21 bits per heavy atom. The SMILES string of the molecule is CCCCCCCCC(CCCCCCCC)N(C=O)CCCC.CCCCCCCCN(CCCCCCCC(=O)N(CCCC)C(CCCCC)CCCCCC)C1CCC(C)CC1. The Labute approximate surface area is 416 Å². The third kappa shape index (κ3) is 37.8. The van der Waals surface area contributed by atoms with Crippen LogP contribution in [0.5, 0.6) is 0 Å². The van der Waals surface area contributed by atoms with E-state index in [-0.39, 0.29) is 0 Å². The zero-order valence-corrected chi connectivity index (χ0v) is 46.8. The van der Waals surface area contributed by atoms with Crippen LogP contribution in [0.25, 0.3) is 0 Å². The number of rotatable bonds is 48. The van der Waals surface area contributed by atoms with E-state index in [4.69, 9.17) is 0 Å². The summed E-state index contributed by atoms with van der Waals surface area (Å²) in [6.45, 7) is 22.9. The lowest BCUT2D eigenvalue weighted by Crippen LogP contribution is -2.41. The van der Waals surface area contributed by atoms with Crippen molar-refractivity contribution in [2.24, 2.45) is 5.92 Å². The molecule has 66 heavy (non-hydrogen) atoms. The molecule has 2 amide bonds. The molecule has 1 atom stereocenters. The molecule has 5 nitrogen and oxygen atoms in total. The molecule has 1 aliphatic carbocycles. The molecule has 0 bridgehead atoms. The fraction of sp³-hybridized carbons (Fsp3) is 0.967. The molecule has 0 heterocycles. The van der Waals surface area contributed by atoms with Crippen molar-refractivity contribution < 1.29 is 9.59 Å². The van der Waals surface area contributed by atoms with E-state index in [1.54, 1.807) is 0 Å². The van der Waals surface area contributed by atoms with Crippen LogP contribution < -0.4 is 0 Å². The summed E-state index contributed by atoms with van der Waals surface area (Å²) in [6.07, 6.45) is 57.0. The maximum atomic E-state index is 13.5. The standard InChI is InChI=1S/C39H78N2O.C22H45NO/c1-6-10-14-16-19-24-33-40(37-31-29-36(5)30-32-37)34-25-20-17-18-23-28-39(42)41(35-13-9-4)38(26-21-12-8-3)27-22-15-11-7-2;1-4-7-10-12-14-16-18-22(23(21-24)20-9-6-3)19-17-15-13-11-8-5-2/h36-38H,6-35H2,1-5H3;21-22H,4-20H2,1-3H3. The largest absolute Gasteiger partial charge is 0.342 e. The second-order valence-electron chi connectivity index (χ2n) is 21.6. The maximum Gasteiger partial charge on any atom is 0.222 e. The number of carbonyl (C=O) groups excluding carboxylic acids is 2. The topological polar surface area (TPSA) is 43.9 Å². The first-order chi connectivity index (χ1) is 32.4. The van der Waals surface area contributed by atoms with Crippen LogP contribution in [0.3, 0.4) is 0 Å². The molecule has 0 spiro atoms. The molecule has 1 fully saturated rings. The number of hydrogen-bond donors (Lipinski definition) is 0. The van der Waals surface area contributed by atoms with Gasteiger partial charge in [0.25, 0.3) is 0 Å². The summed E-state index contributed by atoms with van der Waals surface area (Å²) in [5.74, 6) is 1.39. The van der Waals surface area contributed by atoms with Gasteiger partial charge in [-0.15, -0.1) is 0 Å². The van der Waals surface area contributed by atoms with Gasteiger partial charge in [-0.1, -0.05) is 242 Å². The predicted octanol–water partition coefficient (Wildman–Crippen LogP) is 19.2. The Balaban J connectivity index is 0.00000149. The molecule has 0 radical (unpaired) electrons. The van der Waals surface area contributed by atoms with Crippen molar-refractivity contribution in [1.29, 1.82) is 0 Å². The van der Waals surface area contributed by atoms with Crippen LogP contribution in [-0.2, 0) is 9.59 Å². The first-order valence-corrected chi connectivity index (χ1v) is 30.6. The Morgan fingerprint density at radius 2 is 0.758 bits per heavy atom. The smallest absolute Gasteiger partial charge is 0.222 e. The summed E-state index contributed by atoms with van der Waals surface area (Å²) in [5, 5.41) is 0. The molecule has 394 valence electrons. The highest BCUT2D eigenvalue weighted by atomic mass is 16.2. The molecule has 5 heteroatoms. The van der Waals surface area contributed by atoms with Gasteiger partial charge in [-0.2, -0.15) is 0 Å². The lowest BCUT2D eigenvalue weighted by atomic mass is 9.86. The van der Waals surface area contributed by atoms with Gasteiger partial charge in [-0.05, 0) is 102 Å². The van der Waals surface area contributed by atoms with E-state index < -0.39 is 0 Å². The molecule has 0 aromatic rings. The van der Waals surface area contributed by atoms with Gasteiger partial charge in [0.15, 0.2) is 0 Å². The van der Waals surface area contributed by atoms with E-state index in [1.165, 1.54) is 264 Å². The van der Waals surface area contributed by atoms with Crippen LogP contribution >= 0.6 is 0 Å². The Morgan fingerprint density at radius 1 is 0.409 bits per heavy atom. The first-order valence-electron chi connectivity index (χ1n) is 30.6. The predicted molar refractivity (Wildman–Crippen MR) is 295 cm³/mol. The molecule has 0 aliphatic heterocycles. The lowest BCUT2D eigenvalue weighted by molar-refractivity contribution is -0.134. The third-order valence-electron chi connectivity index (χ3n) is 15.3. The summed E-state index contributed by atoms with van der Waals surface area (Å²) in [7, 11) is 0. The minimum Gasteiger partial charge on any atom is -0.342 e. The summed E-state index contributed by atoms with van der Waals surface area (Å²) >= 11 is 0. The number of carbonyl (C=O) groups is 2. The van der Waals surface area contributed by atoms with Crippen LogP contribution in [0.2, 0.25) is 0 Å². The molecule has 0 aromatic heterocycles. The van der Waals surface area contributed by atoms with Crippen LogP contribution in [0, 0.1) is 5.92 Å². The third-order valence-corrected chi connectivity index (χ3v) is 15.3. The summed E-state index contributed by atoms with van der Waals surface area (Å²) in [6, 6.07) is 1.81. The monoisotopic (exact) mass is 930 g/mol. The van der Waals surface area contributed by atoms with Crippen LogP contribution in [0.1, 0.15) is 331 Å². The van der Waals surface area contributed by atoms with Gasteiger partial charge in [-0.25, -0.2) is 0 Å². The van der Waals surface area contributed by atoms with Gasteiger partial charge in [0.05, 0.1) is 0 Å². The Kier molecular flexibility index (Phi) is 49.5. The van der Waals surface area contributed by atoms with Crippen molar-refractivity contribution in [3.8, 4) is 0 Å². The minimum atomic E-state index is 0.456. The summed E-state index contributed by atoms with van der Waals surface area (Å²) in [4.78, 5) is 32.4. The minimum absolute atomic E-state index is 0.456. The lowest BCUT2D eigenvalue weighted by Gasteiger charge is -2.36. The molecule has 0 aromatic carbocycles. The van der Waals surface area contributed by atoms with Gasteiger partial charge in [0, 0.05) is 37.6 Å². The second kappa shape index (κ2) is 50.3. The average molecular weight is 931 g/mol. The average Bonchev–Trinajstić information content (AvgIpc) is 3.32. The molecule has 1 saturated carbocycles. The van der Waals surface area contributed by atoms with Gasteiger partial charge in [0.2, 0.25) is 12.3 Å². The van der Waals surface area contributed by atoms with E-state index in [0.29, 0.717) is 18.0 Å². The molecule has 1 rings (SSSR count). The summed E-state index contributed by atoms with van der Waals surface area (Å²) in [5.41, 5.74) is 0. The highest BCUT2D eigenvalue weighted by Crippen LogP contribution is 2.28. The van der Waals surface area contributed by atoms with Crippen molar-refractivity contribution in [3.63, 3.8) is 0 Å². The highest BCUT2D eigenvalue weighted by molar-refractivity contribution is 5.76. The van der Waals surface area contributed by atoms with Crippen molar-refractivity contribution in [2.45, 2.75) is 350 Å². The van der Waals surface area contributed by atoms with Gasteiger partial charge >= 0.3 is 0 Å². The van der Waals surface area contributed by atoms with E-state index in [9.17, 15) is 9.59 Å². The van der Waals surface area contributed by atoms with Gasteiger partial charge < -0.3 is 14.7 Å². The maximum absolute atomic E-state index is 13.5. The second-order valence-corrected chi connectivity index (χ2v) is 21.6. The quantitative estimate of drug-likeness (QED) is 0.0451. The van der Waals surface area contributed by atoms with E-state index >= 15 is 0 Å². The molecular weight excluding hydrogens is 807 g/mol. The van der Waals surface area contributed by atoms with Gasteiger partial charge in [0.1, 0.15) is 0 Å². The zero-order chi connectivity index (χ0) is 48.6. The number of unbranched alkanes of at least 4 members (excludes halogenated alkanes) is 26. The first kappa shape index (κ1) is 64.9. The molecule has 0 N–H and O–H groups in total. The van der Waals surface area contributed by atoms with Crippen molar-refractivity contribution >= 4 is 12.3 Å². The number of nitrogens with zero attached hydrogens (tertiary/aromatic N) is 3. The normalized spacial score (nSPS) is 15.5. The molecular formula is C61H123N3O2. The van der Waals surface area contributed by atoms with Crippen LogP contribution in [0.4, 0.5) is 0 Å². The van der Waals surface area contributed by atoms with Crippen molar-refractivity contribution in [3.05, 3.63) is 0 Å². The Bertz CT molecular complexity index is 965. The zero-order valence-electron chi connectivity index (χ0n) is 46.8.